The van der Waals surface area contributed by atoms with Crippen LogP contribution in [-0.2, 0) is 4.65 Å². The molecule has 2 nitrogen and oxygen atoms in total. The Labute approximate surface area is 42.9 Å². The van der Waals surface area contributed by atoms with Crippen molar-refractivity contribution < 1.29 is 9.68 Å². The maximum absolute atomic E-state index is 8.71. The maximum atomic E-state index is 8.71. The van der Waals surface area contributed by atoms with E-state index in [9.17, 15) is 0 Å². The van der Waals surface area contributed by atoms with Crippen LogP contribution in [0.4, 0.5) is 0 Å². The van der Waals surface area contributed by atoms with Crippen LogP contribution in [0.3, 0.4) is 0 Å². The van der Waals surface area contributed by atoms with Crippen molar-refractivity contribution >= 4 is 7.12 Å². The molecule has 0 unspecified atom stereocenters. The van der Waals surface area contributed by atoms with Crippen LogP contribution in [0, 0.1) is 0 Å². The summed E-state index contributed by atoms with van der Waals surface area (Å²) in [6.07, 6.45) is 1.87. The minimum atomic E-state index is -0.625. The van der Waals surface area contributed by atoms with Gasteiger partial charge in [0.25, 0.3) is 0 Å². The van der Waals surface area contributed by atoms with E-state index in [2.05, 4.69) is 0 Å². The third-order valence-electron chi connectivity index (χ3n) is 1.05. The van der Waals surface area contributed by atoms with Gasteiger partial charge in [0.15, 0.2) is 0 Å². The summed E-state index contributed by atoms with van der Waals surface area (Å²) in [6, 6.07) is 0. The zero-order chi connectivity index (χ0) is 5.28. The summed E-state index contributed by atoms with van der Waals surface area (Å²) in [6.45, 7) is 2.41. The van der Waals surface area contributed by atoms with Crippen molar-refractivity contribution in [2.24, 2.45) is 0 Å². The van der Waals surface area contributed by atoms with Crippen molar-refractivity contribution in [3.63, 3.8) is 0 Å². The Hall–Kier alpha value is -0.275. The lowest BCUT2D eigenvalue weighted by Crippen LogP contribution is -2.12. The van der Waals surface area contributed by atoms with Crippen LogP contribution in [0.15, 0.2) is 11.5 Å². The van der Waals surface area contributed by atoms with Crippen molar-refractivity contribution in [3.8, 4) is 0 Å². The van der Waals surface area contributed by atoms with E-state index in [4.69, 9.17) is 9.68 Å². The summed E-state index contributed by atoms with van der Waals surface area (Å²) in [4.78, 5) is 0. The molecule has 0 atom stereocenters. The summed E-state index contributed by atoms with van der Waals surface area (Å²) in [5.41, 5.74) is 0.917. The molecule has 1 N–H and O–H groups in total. The fourth-order valence-electron chi connectivity index (χ4n) is 0.503. The van der Waals surface area contributed by atoms with Gasteiger partial charge in [0.05, 0.1) is 0 Å². The lowest BCUT2D eigenvalue weighted by Gasteiger charge is -1.92. The van der Waals surface area contributed by atoms with E-state index in [1.54, 1.807) is 0 Å². The Morgan fingerprint density at radius 1 is 2.00 bits per heavy atom. The van der Waals surface area contributed by atoms with Crippen molar-refractivity contribution in [2.45, 2.75) is 6.92 Å². The predicted molar refractivity (Wildman–Crippen MR) is 27.7 cm³/mol. The smallest absolute Gasteiger partial charge is 0.423 e. The van der Waals surface area contributed by atoms with Crippen LogP contribution >= 0.6 is 0 Å². The molecule has 7 heavy (non-hydrogen) atoms. The highest BCUT2D eigenvalue weighted by Crippen LogP contribution is 2.04. The number of hydrogen-bond acceptors (Lipinski definition) is 2. The molecule has 1 aliphatic heterocycles. The molecule has 1 rings (SSSR count). The first kappa shape index (κ1) is 4.87. The Morgan fingerprint density at radius 2 is 2.71 bits per heavy atom. The van der Waals surface area contributed by atoms with Gasteiger partial charge in [-0.1, -0.05) is 6.08 Å². The summed E-state index contributed by atoms with van der Waals surface area (Å²) in [5, 5.41) is 8.71. The second-order valence-corrected chi connectivity index (χ2v) is 1.63. The molecule has 1 heterocycles. The minimum Gasteiger partial charge on any atom is -0.423 e. The number of allylic oxidation sites excluding steroid dienone is 1. The van der Waals surface area contributed by atoms with E-state index < -0.39 is 7.12 Å². The highest BCUT2D eigenvalue weighted by Gasteiger charge is 2.18. The minimum absolute atomic E-state index is 0.562. The molecule has 1 aliphatic rings. The summed E-state index contributed by atoms with van der Waals surface area (Å²) in [5.74, 6) is 0. The van der Waals surface area contributed by atoms with Gasteiger partial charge in [-0.15, -0.1) is 0 Å². The van der Waals surface area contributed by atoms with Crippen molar-refractivity contribution in [1.29, 1.82) is 0 Å². The molecule has 0 aromatic carbocycles. The lowest BCUT2D eigenvalue weighted by atomic mass is 9.82. The van der Waals surface area contributed by atoms with Gasteiger partial charge in [-0.25, -0.2) is 0 Å². The van der Waals surface area contributed by atoms with E-state index in [0.717, 1.165) is 5.47 Å². The fourth-order valence-corrected chi connectivity index (χ4v) is 0.503. The van der Waals surface area contributed by atoms with Crippen LogP contribution in [0.5, 0.6) is 0 Å². The summed E-state index contributed by atoms with van der Waals surface area (Å²) in [7, 11) is -0.625. The number of hydrogen-bond donors (Lipinski definition) is 1. The van der Waals surface area contributed by atoms with Gasteiger partial charge in [0.2, 0.25) is 0 Å². The van der Waals surface area contributed by atoms with Gasteiger partial charge in [-0.3, -0.25) is 0 Å². The first-order valence-electron chi connectivity index (χ1n) is 2.27. The first-order valence-corrected chi connectivity index (χ1v) is 2.27. The van der Waals surface area contributed by atoms with E-state index in [0.29, 0.717) is 6.61 Å². The molecule has 0 amide bonds. The van der Waals surface area contributed by atoms with E-state index >= 15 is 0 Å². The van der Waals surface area contributed by atoms with Gasteiger partial charge < -0.3 is 9.68 Å². The van der Waals surface area contributed by atoms with Crippen LogP contribution in [0.25, 0.3) is 0 Å². The van der Waals surface area contributed by atoms with Crippen molar-refractivity contribution in [3.05, 3.63) is 11.5 Å². The summed E-state index contributed by atoms with van der Waals surface area (Å²) >= 11 is 0. The largest absolute Gasteiger partial charge is 0.486 e. The molecule has 0 saturated heterocycles. The standard InChI is InChI=1S/C4H7BO2/c1-4-2-3-7-5(4)6/h2,6H,3H2,1H3. The lowest BCUT2D eigenvalue weighted by molar-refractivity contribution is 0.314. The molecule has 0 bridgehead atoms. The topological polar surface area (TPSA) is 29.5 Å². The predicted octanol–water partition coefficient (Wildman–Crippen LogP) is -0.0174. The fraction of sp³-hybridized carbons (Fsp3) is 0.500. The molecule has 0 aromatic heterocycles. The third kappa shape index (κ3) is 0.840. The van der Waals surface area contributed by atoms with E-state index in [1.165, 1.54) is 0 Å². The highest BCUT2D eigenvalue weighted by molar-refractivity contribution is 6.52. The molecule has 0 aromatic rings. The van der Waals surface area contributed by atoms with Crippen LogP contribution < -0.4 is 0 Å². The normalized spacial score (nSPS) is 20.3. The average Bonchev–Trinajstić information content (AvgIpc) is 1.91. The Morgan fingerprint density at radius 3 is 2.86 bits per heavy atom. The van der Waals surface area contributed by atoms with Gasteiger partial charge in [0, 0.05) is 6.61 Å². The van der Waals surface area contributed by atoms with Gasteiger partial charge >= 0.3 is 7.12 Å². The van der Waals surface area contributed by atoms with Crippen LogP contribution in [0.2, 0.25) is 0 Å². The second-order valence-electron chi connectivity index (χ2n) is 1.63. The molecule has 3 heteroatoms. The first-order chi connectivity index (χ1) is 3.30. The monoisotopic (exact) mass is 98.1 g/mol. The SMILES string of the molecule is CC1=CCOB1O. The van der Waals surface area contributed by atoms with E-state index in [1.807, 2.05) is 13.0 Å². The molecule has 0 aliphatic carbocycles. The molecular formula is C4H7BO2. The van der Waals surface area contributed by atoms with Gasteiger partial charge in [-0.05, 0) is 12.4 Å². The summed E-state index contributed by atoms with van der Waals surface area (Å²) < 4.78 is 4.73. The van der Waals surface area contributed by atoms with E-state index in [-0.39, 0.29) is 0 Å². The van der Waals surface area contributed by atoms with Crippen molar-refractivity contribution in [1.82, 2.24) is 0 Å². The van der Waals surface area contributed by atoms with Crippen molar-refractivity contribution in [2.75, 3.05) is 6.61 Å². The average molecular weight is 97.9 g/mol. The van der Waals surface area contributed by atoms with Crippen LogP contribution in [0.1, 0.15) is 6.92 Å². The molecule has 0 fully saturated rings. The molecule has 0 spiro atoms. The quantitative estimate of drug-likeness (QED) is 0.431. The Bertz CT molecular complexity index is 99.9. The second kappa shape index (κ2) is 1.68. The van der Waals surface area contributed by atoms with Gasteiger partial charge in [-0.2, -0.15) is 0 Å². The molecular weight excluding hydrogens is 90.9 g/mol. The zero-order valence-electron chi connectivity index (χ0n) is 4.22. The molecule has 38 valence electrons. The molecule has 0 saturated carbocycles. The maximum Gasteiger partial charge on any atom is 0.486 e. The Kier molecular flexibility index (Phi) is 1.17. The van der Waals surface area contributed by atoms with Gasteiger partial charge in [0.1, 0.15) is 0 Å². The van der Waals surface area contributed by atoms with Crippen LogP contribution in [-0.4, -0.2) is 18.7 Å². The highest BCUT2D eigenvalue weighted by atomic mass is 16.5. The number of rotatable bonds is 0. The zero-order valence-corrected chi connectivity index (χ0v) is 4.22. The Balaban J connectivity index is 2.54. The molecule has 0 radical (unpaired) electrons. The third-order valence-corrected chi connectivity index (χ3v) is 1.05.